The molecule has 0 N–H and O–H groups in total. The van der Waals surface area contributed by atoms with Gasteiger partial charge in [-0.3, -0.25) is 0 Å². The van der Waals surface area contributed by atoms with Crippen LogP contribution in [0.4, 0.5) is 0 Å². The Hall–Kier alpha value is 1.35. The fourth-order valence-electron chi connectivity index (χ4n) is 1.54. The first kappa shape index (κ1) is 23.4. The average Bonchev–Trinajstić information content (AvgIpc) is 3.22. The van der Waals surface area contributed by atoms with Crippen LogP contribution in [-0.2, 0) is 77.4 Å². The molecular formula is C14H16N4S2W4. The molecule has 0 saturated carbocycles. The fourth-order valence-corrected chi connectivity index (χ4v) is 5.89. The van der Waals surface area contributed by atoms with Crippen LogP contribution in [0.1, 0.15) is 61.7 Å². The molecule has 0 bridgehead atoms. The Morgan fingerprint density at radius 1 is 0.750 bits per heavy atom. The maximum absolute atomic E-state index is 4.20. The molecule has 128 valence electrons. The first-order valence-electron chi connectivity index (χ1n) is 7.06. The van der Waals surface area contributed by atoms with E-state index in [0.29, 0.717) is 0 Å². The molecule has 0 spiro atoms. The minimum atomic E-state index is 1.10. The Kier molecular flexibility index (Phi) is 11.6. The third-order valence-corrected chi connectivity index (χ3v) is 10.4. The molecule has 0 unspecified atom stereocenters. The number of rotatable bonds is 6. The first-order valence-corrected chi connectivity index (χ1v) is 14.5. The molecule has 24 heavy (non-hydrogen) atoms. The van der Waals surface area contributed by atoms with E-state index < -0.39 is 0 Å². The van der Waals surface area contributed by atoms with Crippen molar-refractivity contribution in [2.45, 2.75) is 40.5 Å². The van der Waals surface area contributed by atoms with Gasteiger partial charge in [-0.2, -0.15) is 0 Å². The van der Waals surface area contributed by atoms with Crippen molar-refractivity contribution in [3.8, 4) is 0 Å². The Morgan fingerprint density at radius 2 is 1.25 bits per heavy atom. The van der Waals surface area contributed by atoms with Crippen molar-refractivity contribution in [2.24, 2.45) is 0 Å². The van der Waals surface area contributed by atoms with Gasteiger partial charge in [0.15, 0.2) is 0 Å². The summed E-state index contributed by atoms with van der Waals surface area (Å²) in [7, 11) is 0. The molecule has 0 radical (unpaired) electrons. The van der Waals surface area contributed by atoms with Crippen molar-refractivity contribution in [2.75, 3.05) is 0 Å². The van der Waals surface area contributed by atoms with Crippen LogP contribution in [0.3, 0.4) is 0 Å². The molecule has 2 aromatic heterocycles. The predicted molar refractivity (Wildman–Crippen MR) is 88.2 cm³/mol. The monoisotopic (exact) mass is 1040 g/mol. The second kappa shape index (κ2) is 11.9. The summed E-state index contributed by atoms with van der Waals surface area (Å²) >= 11 is 9.09. The molecule has 0 amide bonds. The van der Waals surface area contributed by atoms with Gasteiger partial charge in [0, 0.05) is 0 Å². The van der Waals surface area contributed by atoms with E-state index in [1.54, 1.807) is 30.9 Å². The van der Waals surface area contributed by atoms with Crippen molar-refractivity contribution >= 4 is 38.7 Å². The van der Waals surface area contributed by atoms with Crippen molar-refractivity contribution in [1.82, 2.24) is 19.2 Å². The van der Waals surface area contributed by atoms with Gasteiger partial charge in [0.25, 0.3) is 0 Å². The molecule has 4 nitrogen and oxygen atoms in total. The van der Waals surface area contributed by atoms with Crippen LogP contribution >= 0.6 is 23.1 Å². The van der Waals surface area contributed by atoms with E-state index in [0.717, 1.165) is 24.2 Å². The summed E-state index contributed by atoms with van der Waals surface area (Å²) in [6.45, 7) is 8.61. The van der Waals surface area contributed by atoms with E-state index in [-0.39, 0.29) is 0 Å². The van der Waals surface area contributed by atoms with Gasteiger partial charge in [0.05, 0.1) is 0 Å². The normalized spacial score (nSPS) is 9.83. The van der Waals surface area contributed by atoms with Gasteiger partial charge < -0.3 is 0 Å². The van der Waals surface area contributed by atoms with Gasteiger partial charge in [-0.25, -0.2) is 0 Å². The second-order valence-corrected chi connectivity index (χ2v) is 14.0. The van der Waals surface area contributed by atoms with Gasteiger partial charge in [-0.15, -0.1) is 0 Å². The summed E-state index contributed by atoms with van der Waals surface area (Å²) in [5, 5.41) is 8.28. The molecule has 0 aromatic carbocycles. The molecule has 0 aliphatic carbocycles. The summed E-state index contributed by atoms with van der Waals surface area (Å²) < 4.78 is 13.6. The van der Waals surface area contributed by atoms with Crippen LogP contribution in [0.25, 0.3) is 0 Å². The van der Waals surface area contributed by atoms with E-state index in [2.05, 4.69) is 46.9 Å². The van der Waals surface area contributed by atoms with E-state index in [4.69, 9.17) is 0 Å². The van der Waals surface area contributed by atoms with Crippen LogP contribution in [-0.4, -0.2) is 34.8 Å². The van der Waals surface area contributed by atoms with Crippen LogP contribution in [0.15, 0.2) is 0 Å². The Morgan fingerprint density at radius 3 is 1.67 bits per heavy atom. The Balaban J connectivity index is 0.000000243. The van der Waals surface area contributed by atoms with Gasteiger partial charge >= 0.3 is 197 Å². The van der Waals surface area contributed by atoms with Crippen LogP contribution in [0.5, 0.6) is 0 Å². The zero-order valence-electron chi connectivity index (χ0n) is 13.7. The number of aromatic nitrogens is 4. The van der Waals surface area contributed by atoms with E-state index in [1.165, 1.54) is 94.9 Å². The van der Waals surface area contributed by atoms with E-state index in [1.807, 2.05) is 0 Å². The number of hydrogen-bond donors (Lipinski definition) is 0. The van der Waals surface area contributed by atoms with Crippen molar-refractivity contribution in [1.29, 1.82) is 0 Å². The summed E-state index contributed by atoms with van der Waals surface area (Å²) in [4.78, 5) is 2.59. The molecule has 2 aromatic rings. The zero-order chi connectivity index (χ0) is 18.3. The molecule has 0 atom stereocenters. The first-order chi connectivity index (χ1) is 11.3. The van der Waals surface area contributed by atoms with Crippen molar-refractivity contribution in [3.63, 3.8) is 0 Å². The predicted octanol–water partition coefficient (Wildman–Crippen LogP) is 2.21. The molecule has 0 aliphatic heterocycles. The topological polar surface area (TPSA) is 51.6 Å². The minimum absolute atomic E-state index is 1.10. The van der Waals surface area contributed by atoms with Crippen molar-refractivity contribution in [3.05, 3.63) is 21.1 Å². The van der Waals surface area contributed by atoms with Gasteiger partial charge in [-0.1, -0.05) is 0 Å². The third-order valence-electron chi connectivity index (χ3n) is 2.79. The van der Waals surface area contributed by atoms with Gasteiger partial charge in [0.1, 0.15) is 0 Å². The summed E-state index contributed by atoms with van der Waals surface area (Å²) in [6, 6.07) is 0. The van der Waals surface area contributed by atoms with Gasteiger partial charge in [-0.05, 0) is 0 Å². The summed E-state index contributed by atoms with van der Waals surface area (Å²) in [5.41, 5.74) is 2.27. The molecule has 0 fully saturated rings. The van der Waals surface area contributed by atoms with E-state index in [9.17, 15) is 0 Å². The molecule has 0 saturated heterocycles. The van der Waals surface area contributed by atoms with Gasteiger partial charge in [0.2, 0.25) is 0 Å². The fraction of sp³-hybridized carbons (Fsp3) is 0.429. The summed E-state index contributed by atoms with van der Waals surface area (Å²) in [5.74, 6) is 0. The molecule has 2 rings (SSSR count). The quantitative estimate of drug-likeness (QED) is 0.446. The average molecular weight is 1040 g/mol. The third kappa shape index (κ3) is 6.82. The molecule has 2 heterocycles. The van der Waals surface area contributed by atoms with Crippen LogP contribution in [0.2, 0.25) is 0 Å². The van der Waals surface area contributed by atoms with E-state index >= 15 is 0 Å². The van der Waals surface area contributed by atoms with Crippen molar-refractivity contribution < 1.29 is 77.4 Å². The van der Waals surface area contributed by atoms with Crippen LogP contribution in [0, 0.1) is 0 Å². The second-order valence-electron chi connectivity index (χ2n) is 4.57. The number of hydrogen-bond acceptors (Lipinski definition) is 6. The molecule has 10 heteroatoms. The number of nitrogens with zero attached hydrogens (tertiary/aromatic N) is 4. The Bertz CT molecular complexity index is 707. The maximum atomic E-state index is 4.20. The standard InChI is InChI=1S/C8H10N2S.C6H6N2S.4W/c1-3-5-7-8(6-4-2)11-10-9-7;1-3-5-6(4-2)9-8-7-5;;;;/h3-4H2,1-2H3;1-2H3;;;;. The van der Waals surface area contributed by atoms with Crippen LogP contribution < -0.4 is 0 Å². The summed E-state index contributed by atoms with van der Waals surface area (Å²) in [6.07, 6.45) is 2.22. The molecule has 0 aliphatic rings. The molecular weight excluding hydrogens is 1020 g/mol. The SMILES string of the molecule is CC[C](=[W])c1nnsc1[C](=[W])CC.C[C](=[W])c1nnsc1[C](C)=[W]. The zero-order valence-corrected chi connectivity index (χ0v) is 27.0. The Labute approximate surface area is 194 Å².